The second kappa shape index (κ2) is 5.71. The second-order valence-corrected chi connectivity index (χ2v) is 3.67. The molecule has 84 valence electrons. The van der Waals surface area contributed by atoms with E-state index in [-0.39, 0.29) is 12.4 Å². The van der Waals surface area contributed by atoms with Crippen molar-refractivity contribution in [2.75, 3.05) is 18.5 Å². The first-order chi connectivity index (χ1) is 7.20. The van der Waals surface area contributed by atoms with Crippen molar-refractivity contribution in [3.8, 4) is 0 Å². The van der Waals surface area contributed by atoms with Gasteiger partial charge in [0.1, 0.15) is 5.82 Å². The maximum absolute atomic E-state index is 13.3. The van der Waals surface area contributed by atoms with Crippen LogP contribution >= 0.6 is 0 Å². The largest absolute Gasteiger partial charge is 0.391 e. The Morgan fingerprint density at radius 3 is 2.73 bits per heavy atom. The van der Waals surface area contributed by atoms with Gasteiger partial charge in [0.2, 0.25) is 0 Å². The highest BCUT2D eigenvalue weighted by Gasteiger charge is 2.10. The lowest BCUT2D eigenvalue weighted by molar-refractivity contribution is 0.276. The van der Waals surface area contributed by atoms with Gasteiger partial charge in [-0.25, -0.2) is 4.39 Å². The first-order valence-corrected chi connectivity index (χ1v) is 5.30. The van der Waals surface area contributed by atoms with Crippen molar-refractivity contribution < 1.29 is 9.50 Å². The van der Waals surface area contributed by atoms with E-state index in [2.05, 4.69) is 6.92 Å². The van der Waals surface area contributed by atoms with E-state index in [4.69, 9.17) is 5.11 Å². The minimum absolute atomic E-state index is 0.252. The lowest BCUT2D eigenvalue weighted by Gasteiger charge is -2.21. The number of aliphatic hydroxyl groups excluding tert-OH is 1. The molecule has 0 atom stereocenters. The van der Waals surface area contributed by atoms with Crippen LogP contribution in [0.2, 0.25) is 0 Å². The summed E-state index contributed by atoms with van der Waals surface area (Å²) in [5.41, 5.74) is 1.17. The van der Waals surface area contributed by atoms with E-state index in [0.29, 0.717) is 5.56 Å². The normalized spacial score (nSPS) is 10.4. The Kier molecular flexibility index (Phi) is 4.56. The highest BCUT2D eigenvalue weighted by Crippen LogP contribution is 2.22. The zero-order chi connectivity index (χ0) is 11.3. The van der Waals surface area contributed by atoms with Crippen LogP contribution in [0.5, 0.6) is 0 Å². The van der Waals surface area contributed by atoms with E-state index in [9.17, 15) is 4.39 Å². The van der Waals surface area contributed by atoms with Gasteiger partial charge in [-0.15, -0.1) is 0 Å². The van der Waals surface area contributed by atoms with Crippen LogP contribution in [0.3, 0.4) is 0 Å². The van der Waals surface area contributed by atoms with E-state index >= 15 is 0 Å². The van der Waals surface area contributed by atoms with Gasteiger partial charge in [0, 0.05) is 24.8 Å². The molecule has 0 unspecified atom stereocenters. The molecule has 0 aromatic heterocycles. The van der Waals surface area contributed by atoms with Gasteiger partial charge < -0.3 is 10.0 Å². The van der Waals surface area contributed by atoms with Crippen molar-refractivity contribution in [3.63, 3.8) is 0 Å². The quantitative estimate of drug-likeness (QED) is 0.809. The fourth-order valence-corrected chi connectivity index (χ4v) is 1.58. The topological polar surface area (TPSA) is 23.5 Å². The first-order valence-electron chi connectivity index (χ1n) is 5.30. The molecule has 15 heavy (non-hydrogen) atoms. The second-order valence-electron chi connectivity index (χ2n) is 3.67. The monoisotopic (exact) mass is 211 g/mol. The fourth-order valence-electron chi connectivity index (χ4n) is 1.58. The zero-order valence-electron chi connectivity index (χ0n) is 9.33. The Labute approximate surface area is 90.3 Å². The van der Waals surface area contributed by atoms with Crippen LogP contribution < -0.4 is 4.90 Å². The highest BCUT2D eigenvalue weighted by molar-refractivity contribution is 5.53. The molecule has 0 aliphatic carbocycles. The Hall–Kier alpha value is -1.09. The maximum atomic E-state index is 13.3. The minimum atomic E-state index is -0.335. The van der Waals surface area contributed by atoms with Gasteiger partial charge in [-0.05, 0) is 18.6 Å². The summed E-state index contributed by atoms with van der Waals surface area (Å²) in [5, 5.41) is 9.11. The van der Waals surface area contributed by atoms with Gasteiger partial charge in [-0.3, -0.25) is 0 Å². The van der Waals surface area contributed by atoms with Crippen LogP contribution in [0.15, 0.2) is 18.2 Å². The Morgan fingerprint density at radius 1 is 1.40 bits per heavy atom. The SMILES string of the molecule is CCCCN(C)c1cccc(F)c1CO. The molecule has 0 aliphatic rings. The molecule has 1 rings (SSSR count). The third-order valence-corrected chi connectivity index (χ3v) is 2.51. The van der Waals surface area contributed by atoms with Crippen LogP contribution in [-0.4, -0.2) is 18.7 Å². The number of aliphatic hydroxyl groups is 1. The average Bonchev–Trinajstić information content (AvgIpc) is 2.25. The van der Waals surface area contributed by atoms with Crippen molar-refractivity contribution in [1.82, 2.24) is 0 Å². The molecule has 0 amide bonds. The summed E-state index contributed by atoms with van der Waals surface area (Å²) in [4.78, 5) is 1.98. The third-order valence-electron chi connectivity index (χ3n) is 2.51. The van der Waals surface area contributed by atoms with E-state index in [1.165, 1.54) is 6.07 Å². The molecule has 0 saturated heterocycles. The minimum Gasteiger partial charge on any atom is -0.391 e. The van der Waals surface area contributed by atoms with E-state index in [0.717, 1.165) is 25.1 Å². The number of hydrogen-bond donors (Lipinski definition) is 1. The van der Waals surface area contributed by atoms with Crippen molar-refractivity contribution in [2.45, 2.75) is 26.4 Å². The predicted octanol–water partition coefficient (Wildman–Crippen LogP) is 2.55. The van der Waals surface area contributed by atoms with Gasteiger partial charge in [0.05, 0.1) is 6.61 Å². The highest BCUT2D eigenvalue weighted by atomic mass is 19.1. The molecular formula is C12H18FNO. The fraction of sp³-hybridized carbons (Fsp3) is 0.500. The third kappa shape index (κ3) is 2.93. The van der Waals surface area contributed by atoms with E-state index < -0.39 is 0 Å². The molecular weight excluding hydrogens is 193 g/mol. The van der Waals surface area contributed by atoms with Crippen LogP contribution in [0.1, 0.15) is 25.3 Å². The molecule has 0 heterocycles. The summed E-state index contributed by atoms with van der Waals surface area (Å²) in [5.74, 6) is -0.335. The number of halogens is 1. The molecule has 0 fully saturated rings. The molecule has 0 bridgehead atoms. The Bertz CT molecular complexity index is 314. The van der Waals surface area contributed by atoms with Gasteiger partial charge in [-0.1, -0.05) is 19.4 Å². The summed E-state index contributed by atoms with van der Waals surface area (Å²) in [6.07, 6.45) is 2.17. The number of rotatable bonds is 5. The molecule has 1 aromatic carbocycles. The van der Waals surface area contributed by atoms with Crippen LogP contribution in [0.4, 0.5) is 10.1 Å². The summed E-state index contributed by atoms with van der Waals surface area (Å²) in [6, 6.07) is 4.89. The van der Waals surface area contributed by atoms with Crippen LogP contribution in [0, 0.1) is 5.82 Å². The van der Waals surface area contributed by atoms with E-state index in [1.807, 2.05) is 18.0 Å². The Balaban J connectivity index is 2.87. The van der Waals surface area contributed by atoms with Crippen molar-refractivity contribution >= 4 is 5.69 Å². The Morgan fingerprint density at radius 2 is 2.13 bits per heavy atom. The van der Waals surface area contributed by atoms with Gasteiger partial charge in [0.25, 0.3) is 0 Å². The predicted molar refractivity (Wildman–Crippen MR) is 60.5 cm³/mol. The number of hydrogen-bond acceptors (Lipinski definition) is 2. The molecule has 0 saturated carbocycles. The smallest absolute Gasteiger partial charge is 0.130 e. The number of anilines is 1. The van der Waals surface area contributed by atoms with E-state index in [1.54, 1.807) is 6.07 Å². The average molecular weight is 211 g/mol. The maximum Gasteiger partial charge on any atom is 0.130 e. The lowest BCUT2D eigenvalue weighted by atomic mass is 10.1. The molecule has 1 N–H and O–H groups in total. The zero-order valence-corrected chi connectivity index (χ0v) is 9.33. The van der Waals surface area contributed by atoms with Crippen molar-refractivity contribution in [1.29, 1.82) is 0 Å². The van der Waals surface area contributed by atoms with Gasteiger partial charge in [-0.2, -0.15) is 0 Å². The van der Waals surface area contributed by atoms with Gasteiger partial charge >= 0.3 is 0 Å². The number of nitrogens with zero attached hydrogens (tertiary/aromatic N) is 1. The molecule has 0 spiro atoms. The van der Waals surface area contributed by atoms with Crippen LogP contribution in [-0.2, 0) is 6.61 Å². The van der Waals surface area contributed by atoms with Crippen LogP contribution in [0.25, 0.3) is 0 Å². The summed E-state index contributed by atoms with van der Waals surface area (Å²) in [6.45, 7) is 2.75. The van der Waals surface area contributed by atoms with Gasteiger partial charge in [0.15, 0.2) is 0 Å². The number of benzene rings is 1. The molecule has 2 nitrogen and oxygen atoms in total. The summed E-state index contributed by atoms with van der Waals surface area (Å²) in [7, 11) is 1.92. The molecule has 0 aliphatic heterocycles. The summed E-state index contributed by atoms with van der Waals surface area (Å²) >= 11 is 0. The van der Waals surface area contributed by atoms with Crippen molar-refractivity contribution in [2.24, 2.45) is 0 Å². The first kappa shape index (κ1) is 12.0. The lowest BCUT2D eigenvalue weighted by Crippen LogP contribution is -2.20. The molecule has 0 radical (unpaired) electrons. The number of unbranched alkanes of at least 4 members (excludes halogenated alkanes) is 1. The molecule has 3 heteroatoms. The summed E-state index contributed by atoms with van der Waals surface area (Å²) < 4.78 is 13.3. The molecule has 1 aromatic rings. The standard InChI is InChI=1S/C12H18FNO/c1-3-4-8-14(2)12-7-5-6-11(13)10(12)9-15/h5-7,15H,3-4,8-9H2,1-2H3. The van der Waals surface area contributed by atoms with Crippen molar-refractivity contribution in [3.05, 3.63) is 29.6 Å².